The summed E-state index contributed by atoms with van der Waals surface area (Å²) >= 11 is 0. The molecule has 166 valence electrons. The maximum Gasteiger partial charge on any atom is 0.377 e. The van der Waals surface area contributed by atoms with Crippen LogP contribution in [-0.2, 0) is 14.4 Å². The van der Waals surface area contributed by atoms with Crippen LogP contribution in [0.5, 0.6) is 11.5 Å². The summed E-state index contributed by atoms with van der Waals surface area (Å²) < 4.78 is 16.5. The van der Waals surface area contributed by atoms with Gasteiger partial charge in [-0.2, -0.15) is 0 Å². The first-order valence-corrected chi connectivity index (χ1v) is 10.2. The third kappa shape index (κ3) is 5.91. The number of carbonyl (C=O) groups is 2. The van der Waals surface area contributed by atoms with Crippen LogP contribution in [0.25, 0.3) is 0 Å². The number of nitrogens with zero attached hydrogens (tertiary/aromatic N) is 2. The number of nitrogens with one attached hydrogen (secondary N) is 1. The van der Waals surface area contributed by atoms with Gasteiger partial charge in [-0.3, -0.25) is 9.78 Å². The van der Waals surface area contributed by atoms with Gasteiger partial charge in [-0.05, 0) is 43.9 Å². The van der Waals surface area contributed by atoms with Gasteiger partial charge in [0.25, 0.3) is 0 Å². The molecule has 1 N–H and O–H groups in total. The molecule has 0 amide bonds. The molecule has 0 radical (unpaired) electrons. The fraction of sp³-hybridized carbons (Fsp3) is 0.455. The van der Waals surface area contributed by atoms with Gasteiger partial charge in [-0.15, -0.1) is 5.48 Å². The second-order valence-corrected chi connectivity index (χ2v) is 7.20. The lowest BCUT2D eigenvalue weighted by Gasteiger charge is -2.36. The predicted octanol–water partition coefficient (Wildman–Crippen LogP) is 2.81. The van der Waals surface area contributed by atoms with E-state index in [0.717, 1.165) is 5.56 Å². The van der Waals surface area contributed by atoms with Crippen molar-refractivity contribution in [2.75, 3.05) is 13.7 Å². The second kappa shape index (κ2) is 10.7. The first-order chi connectivity index (χ1) is 15.0. The zero-order chi connectivity index (χ0) is 22.2. The molecule has 0 saturated heterocycles. The Morgan fingerprint density at radius 3 is 2.71 bits per heavy atom. The molecule has 0 bridgehead atoms. The van der Waals surface area contributed by atoms with E-state index in [1.807, 2.05) is 25.1 Å². The van der Waals surface area contributed by atoms with Crippen LogP contribution >= 0.6 is 0 Å². The van der Waals surface area contributed by atoms with Crippen LogP contribution < -0.4 is 15.0 Å². The molecule has 1 saturated carbocycles. The maximum atomic E-state index is 12.3. The Morgan fingerprint density at radius 1 is 1.19 bits per heavy atom. The van der Waals surface area contributed by atoms with Gasteiger partial charge in [0, 0.05) is 25.2 Å². The number of hydrogen-bond donors (Lipinski definition) is 1. The molecule has 2 aromatic rings. The van der Waals surface area contributed by atoms with Gasteiger partial charge < -0.3 is 19.0 Å². The van der Waals surface area contributed by atoms with E-state index in [0.29, 0.717) is 37.4 Å². The largest absolute Gasteiger partial charge is 0.493 e. The highest BCUT2D eigenvalue weighted by Crippen LogP contribution is 2.38. The van der Waals surface area contributed by atoms with Gasteiger partial charge in [0.05, 0.1) is 26.0 Å². The van der Waals surface area contributed by atoms with E-state index < -0.39 is 5.97 Å². The van der Waals surface area contributed by atoms with Crippen LogP contribution in [0.3, 0.4) is 0 Å². The number of methoxy groups -OCH3 is 1. The zero-order valence-electron chi connectivity index (χ0n) is 17.9. The van der Waals surface area contributed by atoms with Gasteiger partial charge in [0.15, 0.2) is 17.2 Å². The minimum absolute atomic E-state index is 0.0853. The number of aromatic nitrogens is 2. The molecular weight excluding hydrogens is 402 g/mol. The lowest BCUT2D eigenvalue weighted by Crippen LogP contribution is -2.42. The van der Waals surface area contributed by atoms with Gasteiger partial charge in [-0.1, -0.05) is 6.07 Å². The molecular formula is C22H27N3O6. The molecule has 1 aliphatic rings. The van der Waals surface area contributed by atoms with Crippen molar-refractivity contribution in [3.63, 3.8) is 0 Å². The minimum atomic E-state index is -0.612. The highest BCUT2D eigenvalue weighted by atomic mass is 16.7. The van der Waals surface area contributed by atoms with E-state index >= 15 is 0 Å². The Morgan fingerprint density at radius 2 is 2.03 bits per heavy atom. The lowest BCUT2D eigenvalue weighted by atomic mass is 9.79. The number of esters is 1. The summed E-state index contributed by atoms with van der Waals surface area (Å²) in [5.74, 6) is 0.259. The van der Waals surface area contributed by atoms with Crippen molar-refractivity contribution in [3.05, 3.63) is 48.0 Å². The quantitative estimate of drug-likeness (QED) is 0.500. The highest BCUT2D eigenvalue weighted by Gasteiger charge is 2.34. The smallest absolute Gasteiger partial charge is 0.377 e. The predicted molar refractivity (Wildman–Crippen MR) is 111 cm³/mol. The van der Waals surface area contributed by atoms with Crippen molar-refractivity contribution < 1.29 is 28.6 Å². The summed E-state index contributed by atoms with van der Waals surface area (Å²) in [7, 11) is 1.59. The minimum Gasteiger partial charge on any atom is -0.493 e. The van der Waals surface area contributed by atoms with Crippen molar-refractivity contribution in [2.45, 2.75) is 51.2 Å². The second-order valence-electron chi connectivity index (χ2n) is 7.20. The van der Waals surface area contributed by atoms with E-state index in [4.69, 9.17) is 19.0 Å². The number of hydroxylamine groups is 1. The Kier molecular flexibility index (Phi) is 7.77. The summed E-state index contributed by atoms with van der Waals surface area (Å²) in [6.45, 7) is 3.81. The maximum absolute atomic E-state index is 12.3. The highest BCUT2D eigenvalue weighted by molar-refractivity contribution is 5.86. The number of ether oxygens (including phenoxy) is 3. The topological polar surface area (TPSA) is 109 Å². The monoisotopic (exact) mass is 429 g/mol. The molecule has 1 heterocycles. The van der Waals surface area contributed by atoms with Gasteiger partial charge in [0.1, 0.15) is 6.10 Å². The Balaban J connectivity index is 1.79. The Bertz CT molecular complexity index is 892. The van der Waals surface area contributed by atoms with Crippen LogP contribution in [-0.4, -0.2) is 47.8 Å². The molecule has 31 heavy (non-hydrogen) atoms. The summed E-state index contributed by atoms with van der Waals surface area (Å²) in [5.41, 5.74) is 3.97. The molecule has 9 nitrogen and oxygen atoms in total. The first-order valence-electron chi connectivity index (χ1n) is 10.2. The zero-order valence-corrected chi connectivity index (χ0v) is 17.9. The van der Waals surface area contributed by atoms with E-state index in [1.165, 1.54) is 25.5 Å². The van der Waals surface area contributed by atoms with E-state index in [1.54, 1.807) is 7.11 Å². The molecule has 1 fully saturated rings. The molecule has 0 spiro atoms. The molecule has 1 aromatic heterocycles. The number of benzene rings is 1. The summed E-state index contributed by atoms with van der Waals surface area (Å²) in [4.78, 5) is 36.9. The van der Waals surface area contributed by atoms with E-state index in [-0.39, 0.29) is 29.7 Å². The van der Waals surface area contributed by atoms with Crippen molar-refractivity contribution in [3.8, 4) is 11.5 Å². The molecule has 1 aromatic carbocycles. The first kappa shape index (κ1) is 22.5. The molecule has 0 unspecified atom stereocenters. The van der Waals surface area contributed by atoms with Crippen LogP contribution in [0, 0.1) is 0 Å². The van der Waals surface area contributed by atoms with Gasteiger partial charge in [-0.25, -0.2) is 9.78 Å². The molecule has 0 aliphatic heterocycles. The van der Waals surface area contributed by atoms with E-state index in [2.05, 4.69) is 15.4 Å². The Labute approximate surface area is 181 Å². The third-order valence-electron chi connectivity index (χ3n) is 5.13. The average Bonchev–Trinajstić information content (AvgIpc) is 2.78. The summed E-state index contributed by atoms with van der Waals surface area (Å²) in [6, 6.07) is 5.53. The summed E-state index contributed by atoms with van der Waals surface area (Å²) in [6.07, 6.45) is 5.92. The van der Waals surface area contributed by atoms with Crippen LogP contribution in [0.2, 0.25) is 0 Å². The molecule has 9 heteroatoms. The number of rotatable bonds is 8. The number of carbonyl (C=O) groups excluding carboxylic acids is 2. The molecule has 3 atom stereocenters. The van der Waals surface area contributed by atoms with Gasteiger partial charge in [0.2, 0.25) is 0 Å². The Hall–Kier alpha value is -3.20. The van der Waals surface area contributed by atoms with Crippen LogP contribution in [0.15, 0.2) is 36.8 Å². The normalized spacial score (nSPS) is 20.5. The van der Waals surface area contributed by atoms with E-state index in [9.17, 15) is 9.59 Å². The van der Waals surface area contributed by atoms with Crippen molar-refractivity contribution in [1.29, 1.82) is 0 Å². The standard InChI is InChI=1S/C22H27N3O6/c1-4-29-21-11-15(5-8-20(21)28-3)17-12-16(30-14(2)26)6-7-18(17)25-31-22(27)19-13-23-9-10-24-19/h5,8-11,13,16-18,25H,4,6-7,12H2,1-3H3/t16-,17-,18-/m1/s1. The SMILES string of the molecule is CCOc1cc([C@H]2C[C@H](OC(C)=O)CC[C@H]2NOC(=O)c2cnccn2)ccc1OC. The van der Waals surface area contributed by atoms with Gasteiger partial charge >= 0.3 is 11.9 Å². The van der Waals surface area contributed by atoms with Crippen molar-refractivity contribution in [1.82, 2.24) is 15.4 Å². The average molecular weight is 429 g/mol. The van der Waals surface area contributed by atoms with Crippen LogP contribution in [0.1, 0.15) is 55.1 Å². The lowest BCUT2D eigenvalue weighted by molar-refractivity contribution is -0.148. The third-order valence-corrected chi connectivity index (χ3v) is 5.13. The fourth-order valence-electron chi connectivity index (χ4n) is 3.76. The van der Waals surface area contributed by atoms with Crippen molar-refractivity contribution >= 4 is 11.9 Å². The van der Waals surface area contributed by atoms with Crippen LogP contribution in [0.4, 0.5) is 0 Å². The fourth-order valence-corrected chi connectivity index (χ4v) is 3.76. The van der Waals surface area contributed by atoms with Crippen molar-refractivity contribution in [2.24, 2.45) is 0 Å². The molecule has 1 aliphatic carbocycles. The number of hydrogen-bond acceptors (Lipinski definition) is 9. The summed E-state index contributed by atoms with van der Waals surface area (Å²) in [5, 5.41) is 0. The molecule has 3 rings (SSSR count).